The van der Waals surface area contributed by atoms with E-state index in [-0.39, 0.29) is 11.7 Å². The van der Waals surface area contributed by atoms with Crippen LogP contribution >= 0.6 is 11.3 Å². The van der Waals surface area contributed by atoms with Crippen molar-refractivity contribution >= 4 is 33.8 Å². The predicted molar refractivity (Wildman–Crippen MR) is 116 cm³/mol. The van der Waals surface area contributed by atoms with E-state index in [0.29, 0.717) is 16.4 Å². The molecule has 0 unspecified atom stereocenters. The van der Waals surface area contributed by atoms with Gasteiger partial charge in [-0.25, -0.2) is 9.37 Å². The van der Waals surface area contributed by atoms with Gasteiger partial charge < -0.3 is 10.6 Å². The number of nitrogens with zero attached hydrogens (tertiary/aromatic N) is 1. The Balaban J connectivity index is 1.50. The van der Waals surface area contributed by atoms with Crippen LogP contribution < -0.4 is 10.6 Å². The fourth-order valence-corrected chi connectivity index (χ4v) is 3.64. The average Bonchev–Trinajstić information content (AvgIpc) is 3.19. The van der Waals surface area contributed by atoms with Crippen LogP contribution in [-0.4, -0.2) is 10.9 Å². The minimum Gasteiger partial charge on any atom is -0.332 e. The van der Waals surface area contributed by atoms with Crippen LogP contribution in [0.1, 0.15) is 15.9 Å². The highest BCUT2D eigenvalue weighted by Gasteiger charge is 2.10. The second kappa shape index (κ2) is 8.24. The number of carbonyl (C=O) groups excluding carboxylic acids is 1. The lowest BCUT2D eigenvalue weighted by atomic mass is 10.1. The number of amides is 1. The van der Waals surface area contributed by atoms with E-state index >= 15 is 0 Å². The summed E-state index contributed by atoms with van der Waals surface area (Å²) in [6, 6.07) is 21.2. The molecule has 2 N–H and O–H groups in total. The Labute approximate surface area is 172 Å². The number of benzene rings is 3. The number of carbonyl (C=O) groups is 1. The number of anilines is 3. The Kier molecular flexibility index (Phi) is 5.35. The van der Waals surface area contributed by atoms with Crippen LogP contribution in [-0.2, 0) is 0 Å². The van der Waals surface area contributed by atoms with Gasteiger partial charge >= 0.3 is 0 Å². The summed E-state index contributed by atoms with van der Waals surface area (Å²) in [4.78, 5) is 17.1. The first-order valence-electron chi connectivity index (χ1n) is 9.04. The molecule has 0 saturated heterocycles. The molecular formula is C23H18FN3OS. The van der Waals surface area contributed by atoms with Gasteiger partial charge in [0, 0.05) is 27.9 Å². The topological polar surface area (TPSA) is 54.0 Å². The zero-order valence-electron chi connectivity index (χ0n) is 15.6. The van der Waals surface area contributed by atoms with Gasteiger partial charge in [-0.05, 0) is 55.0 Å². The fraction of sp³-hybridized carbons (Fsp3) is 0.0435. The molecule has 3 aromatic carbocycles. The third-order valence-corrected chi connectivity index (χ3v) is 5.16. The van der Waals surface area contributed by atoms with Gasteiger partial charge in [-0.2, -0.15) is 0 Å². The molecule has 4 rings (SSSR count). The van der Waals surface area contributed by atoms with Gasteiger partial charge in [0.1, 0.15) is 5.82 Å². The molecule has 0 aliphatic carbocycles. The summed E-state index contributed by atoms with van der Waals surface area (Å²) in [6.07, 6.45) is 0. The molecule has 1 aromatic heterocycles. The molecule has 0 spiro atoms. The van der Waals surface area contributed by atoms with Gasteiger partial charge in [0.05, 0.1) is 5.69 Å². The summed E-state index contributed by atoms with van der Waals surface area (Å²) in [5.74, 6) is -0.419. The van der Waals surface area contributed by atoms with Crippen molar-refractivity contribution in [3.8, 4) is 11.3 Å². The van der Waals surface area contributed by atoms with E-state index in [9.17, 15) is 9.18 Å². The van der Waals surface area contributed by atoms with Gasteiger partial charge in [-0.1, -0.05) is 30.3 Å². The van der Waals surface area contributed by atoms with Crippen LogP contribution in [0.5, 0.6) is 0 Å². The van der Waals surface area contributed by atoms with Crippen molar-refractivity contribution in [3.05, 3.63) is 95.1 Å². The van der Waals surface area contributed by atoms with Gasteiger partial charge in [-0.3, -0.25) is 4.79 Å². The van der Waals surface area contributed by atoms with E-state index < -0.39 is 0 Å². The maximum atomic E-state index is 13.0. The highest BCUT2D eigenvalue weighted by Crippen LogP contribution is 2.29. The van der Waals surface area contributed by atoms with Gasteiger partial charge in [0.15, 0.2) is 5.13 Å². The molecule has 0 aliphatic rings. The zero-order valence-corrected chi connectivity index (χ0v) is 16.5. The third kappa shape index (κ3) is 4.50. The number of aryl methyl sites for hydroxylation is 1. The van der Waals surface area contributed by atoms with Crippen molar-refractivity contribution in [2.75, 3.05) is 10.6 Å². The summed E-state index contributed by atoms with van der Waals surface area (Å²) in [5.41, 5.74) is 4.75. The molecule has 0 radical (unpaired) electrons. The van der Waals surface area contributed by atoms with Gasteiger partial charge in [-0.15, -0.1) is 11.3 Å². The van der Waals surface area contributed by atoms with Crippen LogP contribution in [0.15, 0.2) is 78.2 Å². The summed E-state index contributed by atoms with van der Waals surface area (Å²) in [7, 11) is 0. The van der Waals surface area contributed by atoms with Gasteiger partial charge in [0.2, 0.25) is 0 Å². The number of hydrogen-bond acceptors (Lipinski definition) is 4. The van der Waals surface area contributed by atoms with E-state index in [2.05, 4.69) is 15.6 Å². The Bertz CT molecular complexity index is 1150. The van der Waals surface area contributed by atoms with Crippen LogP contribution in [0, 0.1) is 12.7 Å². The molecular weight excluding hydrogens is 385 g/mol. The van der Waals surface area contributed by atoms with E-state index in [1.54, 1.807) is 12.1 Å². The van der Waals surface area contributed by atoms with Crippen molar-refractivity contribution < 1.29 is 9.18 Å². The Morgan fingerprint density at radius 1 is 0.966 bits per heavy atom. The lowest BCUT2D eigenvalue weighted by Gasteiger charge is -2.08. The Morgan fingerprint density at radius 2 is 1.76 bits per heavy atom. The second-order valence-corrected chi connectivity index (χ2v) is 7.38. The highest BCUT2D eigenvalue weighted by atomic mass is 32.1. The smallest absolute Gasteiger partial charge is 0.255 e. The van der Waals surface area contributed by atoms with Crippen molar-refractivity contribution in [2.24, 2.45) is 0 Å². The second-order valence-electron chi connectivity index (χ2n) is 6.52. The van der Waals surface area contributed by atoms with Crippen LogP contribution in [0.3, 0.4) is 0 Å². The quantitative estimate of drug-likeness (QED) is 0.414. The molecule has 29 heavy (non-hydrogen) atoms. The van der Waals surface area contributed by atoms with Crippen molar-refractivity contribution in [1.29, 1.82) is 0 Å². The fourth-order valence-electron chi connectivity index (χ4n) is 2.90. The molecule has 0 atom stereocenters. The molecule has 4 aromatic rings. The van der Waals surface area contributed by atoms with E-state index in [1.807, 2.05) is 60.8 Å². The van der Waals surface area contributed by atoms with Crippen molar-refractivity contribution in [1.82, 2.24) is 4.98 Å². The summed E-state index contributed by atoms with van der Waals surface area (Å²) >= 11 is 1.46. The first-order valence-corrected chi connectivity index (χ1v) is 9.92. The number of thiazole rings is 1. The monoisotopic (exact) mass is 403 g/mol. The first kappa shape index (κ1) is 18.8. The molecule has 6 heteroatoms. The number of hydrogen-bond donors (Lipinski definition) is 2. The summed E-state index contributed by atoms with van der Waals surface area (Å²) in [6.45, 7) is 1.91. The van der Waals surface area contributed by atoms with Crippen LogP contribution in [0.25, 0.3) is 11.3 Å². The number of nitrogens with one attached hydrogen (secondary N) is 2. The van der Waals surface area contributed by atoms with E-state index in [1.165, 1.54) is 23.5 Å². The first-order chi connectivity index (χ1) is 14.1. The molecule has 0 fully saturated rings. The van der Waals surface area contributed by atoms with Crippen LogP contribution in [0.2, 0.25) is 0 Å². The van der Waals surface area contributed by atoms with Gasteiger partial charge in [0.25, 0.3) is 5.91 Å². The third-order valence-electron chi connectivity index (χ3n) is 4.41. The molecule has 0 bridgehead atoms. The summed E-state index contributed by atoms with van der Waals surface area (Å²) in [5, 5.41) is 8.76. The highest BCUT2D eigenvalue weighted by molar-refractivity contribution is 7.14. The van der Waals surface area contributed by atoms with E-state index in [0.717, 1.165) is 22.5 Å². The average molecular weight is 403 g/mol. The predicted octanol–water partition coefficient (Wildman–Crippen LogP) is 6.25. The van der Waals surface area contributed by atoms with Crippen molar-refractivity contribution in [2.45, 2.75) is 6.92 Å². The number of rotatable bonds is 5. The molecule has 0 saturated carbocycles. The maximum Gasteiger partial charge on any atom is 0.255 e. The minimum atomic E-state index is -0.278. The number of aromatic nitrogens is 1. The lowest BCUT2D eigenvalue weighted by Crippen LogP contribution is -2.13. The SMILES string of the molecule is Cc1ccccc1C(=O)Nc1cccc(-c2csc(Nc3ccc(F)cc3)n2)c1. The van der Waals surface area contributed by atoms with Crippen molar-refractivity contribution in [3.63, 3.8) is 0 Å². The number of halogens is 1. The summed E-state index contributed by atoms with van der Waals surface area (Å²) < 4.78 is 13.0. The minimum absolute atomic E-state index is 0.141. The molecule has 1 amide bonds. The standard InChI is InChI=1S/C23H18FN3OS/c1-15-5-2-3-8-20(15)22(28)25-19-7-4-6-16(13-19)21-14-29-23(27-21)26-18-11-9-17(24)10-12-18/h2-14H,1H3,(H,25,28)(H,26,27). The van der Waals surface area contributed by atoms with Crippen LogP contribution in [0.4, 0.5) is 20.9 Å². The normalized spacial score (nSPS) is 10.6. The lowest BCUT2D eigenvalue weighted by molar-refractivity contribution is 0.102. The zero-order chi connectivity index (χ0) is 20.2. The maximum absolute atomic E-state index is 13.0. The molecule has 0 aliphatic heterocycles. The van der Waals surface area contributed by atoms with E-state index in [4.69, 9.17) is 0 Å². The Morgan fingerprint density at radius 3 is 2.55 bits per heavy atom. The largest absolute Gasteiger partial charge is 0.332 e. The molecule has 1 heterocycles. The Hall–Kier alpha value is -3.51. The molecule has 4 nitrogen and oxygen atoms in total. The molecule has 144 valence electrons.